The van der Waals surface area contributed by atoms with E-state index in [1.165, 1.54) is 4.90 Å². The van der Waals surface area contributed by atoms with E-state index in [9.17, 15) is 9.59 Å². The number of aryl methyl sites for hydroxylation is 1. The van der Waals surface area contributed by atoms with Crippen molar-refractivity contribution in [2.75, 3.05) is 4.90 Å². The van der Waals surface area contributed by atoms with Crippen molar-refractivity contribution >= 4 is 57.3 Å². The van der Waals surface area contributed by atoms with Crippen molar-refractivity contribution in [3.05, 3.63) is 95.1 Å². The van der Waals surface area contributed by atoms with Gasteiger partial charge in [-0.15, -0.1) is 0 Å². The summed E-state index contributed by atoms with van der Waals surface area (Å²) in [5.74, 6) is -0.562. The number of hydrogen-bond acceptors (Lipinski definition) is 5. The monoisotopic (exact) mass is 501 g/mol. The van der Waals surface area contributed by atoms with Crippen molar-refractivity contribution in [3.63, 3.8) is 0 Å². The van der Waals surface area contributed by atoms with Gasteiger partial charge in [0.15, 0.2) is 5.11 Å². The Labute approximate surface area is 212 Å². The molecule has 1 unspecified atom stereocenters. The number of nitrogens with one attached hydrogen (secondary N) is 1. The molecule has 2 heterocycles. The number of aromatic nitrogens is 1. The Morgan fingerprint density at radius 1 is 1.00 bits per heavy atom. The minimum Gasteiger partial charge on any atom is -0.457 e. The van der Waals surface area contributed by atoms with Crippen LogP contribution in [0.4, 0.5) is 5.69 Å². The lowest BCUT2D eigenvalue weighted by molar-refractivity contribution is -0.133. The predicted octanol–water partition coefficient (Wildman–Crippen LogP) is 5.60. The summed E-state index contributed by atoms with van der Waals surface area (Å²) in [4.78, 5) is 32.0. The van der Waals surface area contributed by atoms with Crippen LogP contribution in [0.25, 0.3) is 10.9 Å². The maximum Gasteiger partial charge on any atom is 0.246 e. The molecular weight excluding hydrogens is 482 g/mol. The van der Waals surface area contributed by atoms with Crippen LogP contribution >= 0.6 is 23.8 Å². The first-order chi connectivity index (χ1) is 16.9. The number of anilines is 1. The second kappa shape index (κ2) is 9.44. The highest BCUT2D eigenvalue weighted by Crippen LogP contribution is 2.29. The fraction of sp³-hybridized carbons (Fsp3) is 0.111. The highest BCUT2D eigenvalue weighted by atomic mass is 35.5. The molecule has 1 fully saturated rings. The van der Waals surface area contributed by atoms with E-state index in [0.29, 0.717) is 22.7 Å². The summed E-state index contributed by atoms with van der Waals surface area (Å²) < 4.78 is 5.82. The smallest absolute Gasteiger partial charge is 0.246 e. The second-order valence-electron chi connectivity index (χ2n) is 8.27. The van der Waals surface area contributed by atoms with Gasteiger partial charge in [0, 0.05) is 5.39 Å². The number of ether oxygens (including phenoxy) is 1. The molecule has 0 aliphatic carbocycles. The van der Waals surface area contributed by atoms with Crippen LogP contribution in [0.3, 0.4) is 0 Å². The van der Waals surface area contributed by atoms with Gasteiger partial charge < -0.3 is 10.1 Å². The van der Waals surface area contributed by atoms with Gasteiger partial charge in [-0.1, -0.05) is 41.4 Å². The average molecular weight is 502 g/mol. The molecule has 1 saturated heterocycles. The van der Waals surface area contributed by atoms with Crippen molar-refractivity contribution in [1.82, 2.24) is 10.3 Å². The summed E-state index contributed by atoms with van der Waals surface area (Å²) in [7, 11) is 0. The van der Waals surface area contributed by atoms with E-state index in [-0.39, 0.29) is 16.7 Å². The van der Waals surface area contributed by atoms with E-state index in [4.69, 9.17) is 28.6 Å². The number of carbonyl (C=O) groups is 2. The molecule has 1 aliphatic rings. The fourth-order valence-electron chi connectivity index (χ4n) is 4.01. The number of fused-ring (bicyclic) bond motifs is 1. The number of hydrogen-bond donors (Lipinski definition) is 1. The molecule has 0 saturated carbocycles. The number of rotatable bonds is 5. The topological polar surface area (TPSA) is 71.5 Å². The molecule has 1 aromatic heterocycles. The van der Waals surface area contributed by atoms with Crippen molar-refractivity contribution in [2.45, 2.75) is 13.3 Å². The van der Waals surface area contributed by atoms with E-state index in [1.807, 2.05) is 61.5 Å². The Morgan fingerprint density at radius 2 is 1.71 bits per heavy atom. The molecule has 35 heavy (non-hydrogen) atoms. The molecule has 0 radical (unpaired) electrons. The maximum atomic E-state index is 13.4. The van der Waals surface area contributed by atoms with Crippen LogP contribution in [0.2, 0.25) is 5.15 Å². The lowest BCUT2D eigenvalue weighted by atomic mass is 9.95. The lowest BCUT2D eigenvalue weighted by Gasteiger charge is -2.32. The van der Waals surface area contributed by atoms with Crippen LogP contribution in [0.5, 0.6) is 11.5 Å². The van der Waals surface area contributed by atoms with Crippen molar-refractivity contribution < 1.29 is 14.3 Å². The molecular formula is C27H20ClN3O3S. The number of para-hydroxylation sites is 1. The van der Waals surface area contributed by atoms with Crippen LogP contribution in [-0.2, 0) is 16.0 Å². The summed E-state index contributed by atoms with van der Waals surface area (Å²) in [6.45, 7) is 1.99. The molecule has 6 nitrogen and oxygen atoms in total. The molecule has 5 rings (SSSR count). The van der Waals surface area contributed by atoms with Gasteiger partial charge in [0.25, 0.3) is 0 Å². The van der Waals surface area contributed by atoms with Gasteiger partial charge in [0.1, 0.15) is 22.6 Å². The van der Waals surface area contributed by atoms with Gasteiger partial charge in [-0.05, 0) is 85.7 Å². The highest BCUT2D eigenvalue weighted by Gasteiger charge is 2.39. The summed E-state index contributed by atoms with van der Waals surface area (Å²) in [5, 5.41) is 3.85. The normalized spacial score (nSPS) is 15.9. The molecule has 8 heteroatoms. The molecule has 3 aromatic carbocycles. The first-order valence-electron chi connectivity index (χ1n) is 11.0. The second-order valence-corrected chi connectivity index (χ2v) is 9.01. The SMILES string of the molecule is Cc1ccc2nc(Cl)c(CC3C(=O)NC(=S)N(c4ccc(Oc5ccccc5)cc4)C3=O)cc2c1. The zero-order valence-electron chi connectivity index (χ0n) is 18.7. The Hall–Kier alpha value is -3.81. The first kappa shape index (κ1) is 23.0. The standard InChI is InChI=1S/C27H20ClN3O3S/c1-16-7-12-23-17(13-16)14-18(24(28)29-23)15-22-25(32)30-27(35)31(26(22)33)19-8-10-21(11-9-19)34-20-5-3-2-4-6-20/h2-14,22H,15H2,1H3,(H,30,32,35). The third-order valence-corrected chi connectivity index (χ3v) is 6.37. The van der Waals surface area contributed by atoms with E-state index in [2.05, 4.69) is 10.3 Å². The van der Waals surface area contributed by atoms with Crippen LogP contribution < -0.4 is 15.0 Å². The van der Waals surface area contributed by atoms with Gasteiger partial charge >= 0.3 is 0 Å². The Morgan fingerprint density at radius 3 is 2.46 bits per heavy atom. The highest BCUT2D eigenvalue weighted by molar-refractivity contribution is 7.80. The largest absolute Gasteiger partial charge is 0.457 e. The van der Waals surface area contributed by atoms with E-state index < -0.39 is 17.7 Å². The zero-order chi connectivity index (χ0) is 24.5. The third-order valence-electron chi connectivity index (χ3n) is 5.76. The number of benzene rings is 3. The van der Waals surface area contributed by atoms with E-state index in [1.54, 1.807) is 24.3 Å². The van der Waals surface area contributed by atoms with Crippen LogP contribution in [0.1, 0.15) is 11.1 Å². The van der Waals surface area contributed by atoms with Crippen LogP contribution in [-0.4, -0.2) is 21.9 Å². The molecule has 0 spiro atoms. The lowest BCUT2D eigenvalue weighted by Crippen LogP contribution is -2.58. The van der Waals surface area contributed by atoms with Crippen molar-refractivity contribution in [1.29, 1.82) is 0 Å². The maximum absolute atomic E-state index is 13.4. The third kappa shape index (κ3) is 4.73. The minimum absolute atomic E-state index is 0.0336. The summed E-state index contributed by atoms with van der Waals surface area (Å²) >= 11 is 11.7. The molecule has 0 bridgehead atoms. The molecule has 2 amide bonds. The first-order valence-corrected chi connectivity index (χ1v) is 11.8. The van der Waals surface area contributed by atoms with Gasteiger partial charge in [-0.25, -0.2) is 4.98 Å². The number of halogens is 1. The van der Waals surface area contributed by atoms with Gasteiger partial charge in [-0.3, -0.25) is 14.5 Å². The summed E-state index contributed by atoms with van der Waals surface area (Å²) in [6, 6.07) is 24.1. The summed E-state index contributed by atoms with van der Waals surface area (Å²) in [6.07, 6.45) is 0.106. The Kier molecular flexibility index (Phi) is 6.19. The minimum atomic E-state index is -0.997. The summed E-state index contributed by atoms with van der Waals surface area (Å²) in [5.41, 5.74) is 2.99. The zero-order valence-corrected chi connectivity index (χ0v) is 20.3. The van der Waals surface area contributed by atoms with Crippen LogP contribution in [0.15, 0.2) is 78.9 Å². The molecule has 1 N–H and O–H groups in total. The van der Waals surface area contributed by atoms with Crippen molar-refractivity contribution in [2.24, 2.45) is 5.92 Å². The quantitative estimate of drug-likeness (QED) is 0.219. The molecule has 4 aromatic rings. The van der Waals surface area contributed by atoms with Gasteiger partial charge in [-0.2, -0.15) is 0 Å². The molecule has 1 atom stereocenters. The van der Waals surface area contributed by atoms with E-state index >= 15 is 0 Å². The number of thiocarbonyl (C=S) groups is 1. The van der Waals surface area contributed by atoms with Gasteiger partial charge in [0.05, 0.1) is 11.2 Å². The fourth-order valence-corrected chi connectivity index (χ4v) is 4.53. The van der Waals surface area contributed by atoms with E-state index in [0.717, 1.165) is 16.5 Å². The number of nitrogens with zero attached hydrogens (tertiary/aromatic N) is 2. The number of pyridine rings is 1. The predicted molar refractivity (Wildman–Crippen MR) is 140 cm³/mol. The average Bonchev–Trinajstić information content (AvgIpc) is 2.84. The number of amides is 2. The molecule has 1 aliphatic heterocycles. The number of carbonyl (C=O) groups excluding carboxylic acids is 2. The Balaban J connectivity index is 1.39. The van der Waals surface area contributed by atoms with Gasteiger partial charge in [0.2, 0.25) is 11.8 Å². The molecule has 174 valence electrons. The Bertz CT molecular complexity index is 1460. The van der Waals surface area contributed by atoms with Crippen molar-refractivity contribution in [3.8, 4) is 11.5 Å². The van der Waals surface area contributed by atoms with Crippen LogP contribution in [0, 0.1) is 12.8 Å².